The van der Waals surface area contributed by atoms with Crippen molar-refractivity contribution in [1.82, 2.24) is 9.97 Å². The molecule has 0 saturated carbocycles. The Bertz CT molecular complexity index is 210. The highest BCUT2D eigenvalue weighted by atomic mass is 16.5. The molecule has 0 unspecified atom stereocenters. The van der Waals surface area contributed by atoms with E-state index in [1.54, 1.807) is 12.4 Å². The van der Waals surface area contributed by atoms with Crippen molar-refractivity contribution in [3.8, 4) is 6.01 Å². The van der Waals surface area contributed by atoms with Gasteiger partial charge in [0, 0.05) is 19.0 Å². The first-order chi connectivity index (χ1) is 5.36. The molecule has 0 radical (unpaired) electrons. The third-order valence-corrected chi connectivity index (χ3v) is 1.26. The van der Waals surface area contributed by atoms with Crippen molar-refractivity contribution < 1.29 is 9.84 Å². The highest BCUT2D eigenvalue weighted by Crippen LogP contribution is 2.01. The largest absolute Gasteiger partial charge is 0.467 e. The molecular formula is C7H10N2O2. The molecule has 11 heavy (non-hydrogen) atoms. The number of aromatic nitrogens is 2. The monoisotopic (exact) mass is 154 g/mol. The molecule has 0 aliphatic heterocycles. The van der Waals surface area contributed by atoms with Gasteiger partial charge in [-0.25, -0.2) is 9.97 Å². The van der Waals surface area contributed by atoms with E-state index in [2.05, 4.69) is 9.97 Å². The SMILES string of the molecule is COc1ncc(CCO)cn1. The Labute approximate surface area is 64.9 Å². The molecule has 0 saturated heterocycles. The molecule has 1 aromatic heterocycles. The minimum absolute atomic E-state index is 0.121. The molecule has 0 aliphatic rings. The van der Waals surface area contributed by atoms with Crippen molar-refractivity contribution in [1.29, 1.82) is 0 Å². The Balaban J connectivity index is 2.66. The molecule has 1 aromatic rings. The van der Waals surface area contributed by atoms with Crippen LogP contribution in [0.2, 0.25) is 0 Å². The quantitative estimate of drug-likeness (QED) is 0.666. The average molecular weight is 154 g/mol. The topological polar surface area (TPSA) is 55.2 Å². The van der Waals surface area contributed by atoms with Crippen molar-refractivity contribution in [2.45, 2.75) is 6.42 Å². The molecule has 4 heteroatoms. The second kappa shape index (κ2) is 3.88. The second-order valence-electron chi connectivity index (χ2n) is 2.05. The number of aliphatic hydroxyl groups is 1. The minimum Gasteiger partial charge on any atom is -0.467 e. The Morgan fingerprint density at radius 1 is 1.45 bits per heavy atom. The maximum absolute atomic E-state index is 8.56. The van der Waals surface area contributed by atoms with Gasteiger partial charge in [0.2, 0.25) is 0 Å². The summed E-state index contributed by atoms with van der Waals surface area (Å²) in [5, 5.41) is 8.56. The van der Waals surface area contributed by atoms with Crippen molar-refractivity contribution in [2.75, 3.05) is 13.7 Å². The first kappa shape index (κ1) is 7.94. The lowest BCUT2D eigenvalue weighted by Crippen LogP contribution is -1.95. The van der Waals surface area contributed by atoms with Crippen molar-refractivity contribution >= 4 is 0 Å². The zero-order chi connectivity index (χ0) is 8.10. The second-order valence-corrected chi connectivity index (χ2v) is 2.05. The van der Waals surface area contributed by atoms with E-state index < -0.39 is 0 Å². The van der Waals surface area contributed by atoms with Gasteiger partial charge < -0.3 is 9.84 Å². The first-order valence-corrected chi connectivity index (χ1v) is 3.32. The molecule has 0 amide bonds. The standard InChI is InChI=1S/C7H10N2O2/c1-11-7-8-4-6(2-3-10)5-9-7/h4-5,10H,2-3H2,1H3. The first-order valence-electron chi connectivity index (χ1n) is 3.32. The lowest BCUT2D eigenvalue weighted by atomic mass is 10.3. The van der Waals surface area contributed by atoms with Gasteiger partial charge in [-0.05, 0) is 12.0 Å². The summed E-state index contributed by atoms with van der Waals surface area (Å²) < 4.78 is 4.76. The molecule has 60 valence electrons. The van der Waals surface area contributed by atoms with Crippen LogP contribution in [0.4, 0.5) is 0 Å². The number of methoxy groups -OCH3 is 1. The zero-order valence-corrected chi connectivity index (χ0v) is 6.32. The van der Waals surface area contributed by atoms with Gasteiger partial charge in [0.05, 0.1) is 7.11 Å². The highest BCUT2D eigenvalue weighted by Gasteiger charge is 1.94. The zero-order valence-electron chi connectivity index (χ0n) is 6.32. The van der Waals surface area contributed by atoms with Crippen molar-refractivity contribution in [3.63, 3.8) is 0 Å². The van der Waals surface area contributed by atoms with Gasteiger partial charge in [0.25, 0.3) is 0 Å². The summed E-state index contributed by atoms with van der Waals surface area (Å²) in [6.07, 6.45) is 3.87. The van der Waals surface area contributed by atoms with Crippen LogP contribution in [0.3, 0.4) is 0 Å². The molecule has 1 heterocycles. The summed E-state index contributed by atoms with van der Waals surface area (Å²) in [5.41, 5.74) is 0.910. The van der Waals surface area contributed by atoms with Crippen LogP contribution >= 0.6 is 0 Å². The highest BCUT2D eigenvalue weighted by molar-refractivity contribution is 5.07. The number of rotatable bonds is 3. The maximum Gasteiger partial charge on any atom is 0.316 e. The fraction of sp³-hybridized carbons (Fsp3) is 0.429. The molecule has 1 rings (SSSR count). The van der Waals surface area contributed by atoms with Crippen molar-refractivity contribution in [3.05, 3.63) is 18.0 Å². The van der Waals surface area contributed by atoms with E-state index >= 15 is 0 Å². The maximum atomic E-state index is 8.56. The van der Waals surface area contributed by atoms with Crippen LogP contribution in [-0.2, 0) is 6.42 Å². The third-order valence-electron chi connectivity index (χ3n) is 1.26. The average Bonchev–Trinajstić information content (AvgIpc) is 2.07. The molecule has 0 aliphatic carbocycles. The predicted octanol–water partition coefficient (Wildman–Crippen LogP) is 0.0200. The van der Waals surface area contributed by atoms with E-state index in [0.29, 0.717) is 12.4 Å². The van der Waals surface area contributed by atoms with Gasteiger partial charge in [-0.2, -0.15) is 0 Å². The lowest BCUT2D eigenvalue weighted by Gasteiger charge is -1.98. The van der Waals surface area contributed by atoms with Crippen molar-refractivity contribution in [2.24, 2.45) is 0 Å². The molecule has 1 N–H and O–H groups in total. The minimum atomic E-state index is 0.121. The number of nitrogens with zero attached hydrogens (tertiary/aromatic N) is 2. The molecule has 0 atom stereocenters. The summed E-state index contributed by atoms with van der Waals surface area (Å²) in [6, 6.07) is 0.353. The van der Waals surface area contributed by atoms with Crippen LogP contribution < -0.4 is 4.74 Å². The van der Waals surface area contributed by atoms with Crippen LogP contribution in [0.25, 0.3) is 0 Å². The molecule has 0 fully saturated rings. The molecule has 4 nitrogen and oxygen atoms in total. The van der Waals surface area contributed by atoms with E-state index in [1.807, 2.05) is 0 Å². The Hall–Kier alpha value is -1.16. The van der Waals surface area contributed by atoms with Gasteiger partial charge in [-0.3, -0.25) is 0 Å². The fourth-order valence-corrected chi connectivity index (χ4v) is 0.707. The Kier molecular flexibility index (Phi) is 2.80. The summed E-state index contributed by atoms with van der Waals surface area (Å²) in [6.45, 7) is 0.121. The van der Waals surface area contributed by atoms with Crippen LogP contribution in [-0.4, -0.2) is 28.8 Å². The van der Waals surface area contributed by atoms with Crippen LogP contribution in [0.5, 0.6) is 6.01 Å². The summed E-state index contributed by atoms with van der Waals surface area (Å²) in [5.74, 6) is 0. The van der Waals surface area contributed by atoms with Gasteiger partial charge in [-0.15, -0.1) is 0 Å². The summed E-state index contributed by atoms with van der Waals surface area (Å²) in [4.78, 5) is 7.74. The number of aliphatic hydroxyl groups excluding tert-OH is 1. The molecule has 0 spiro atoms. The van der Waals surface area contributed by atoms with E-state index in [1.165, 1.54) is 7.11 Å². The van der Waals surface area contributed by atoms with Gasteiger partial charge in [0.15, 0.2) is 0 Å². The smallest absolute Gasteiger partial charge is 0.316 e. The number of hydrogen-bond acceptors (Lipinski definition) is 4. The Morgan fingerprint density at radius 2 is 2.09 bits per heavy atom. The Morgan fingerprint density at radius 3 is 2.55 bits per heavy atom. The summed E-state index contributed by atoms with van der Waals surface area (Å²) in [7, 11) is 1.51. The molecular weight excluding hydrogens is 144 g/mol. The summed E-state index contributed by atoms with van der Waals surface area (Å²) >= 11 is 0. The van der Waals surface area contributed by atoms with Crippen LogP contribution in [0, 0.1) is 0 Å². The third kappa shape index (κ3) is 2.16. The van der Waals surface area contributed by atoms with Crippen LogP contribution in [0.15, 0.2) is 12.4 Å². The van der Waals surface area contributed by atoms with E-state index in [0.717, 1.165) is 5.56 Å². The number of ether oxygens (including phenoxy) is 1. The van der Waals surface area contributed by atoms with E-state index in [4.69, 9.17) is 9.84 Å². The fourth-order valence-electron chi connectivity index (χ4n) is 0.707. The number of hydrogen-bond donors (Lipinski definition) is 1. The molecule has 0 bridgehead atoms. The van der Waals surface area contributed by atoms with Gasteiger partial charge >= 0.3 is 6.01 Å². The van der Waals surface area contributed by atoms with Gasteiger partial charge in [0.1, 0.15) is 0 Å². The lowest BCUT2D eigenvalue weighted by molar-refractivity contribution is 0.299. The normalized spacial score (nSPS) is 9.64. The molecule has 0 aromatic carbocycles. The van der Waals surface area contributed by atoms with E-state index in [9.17, 15) is 0 Å². The predicted molar refractivity (Wildman–Crippen MR) is 39.4 cm³/mol. The van der Waals surface area contributed by atoms with Crippen LogP contribution in [0.1, 0.15) is 5.56 Å². The van der Waals surface area contributed by atoms with E-state index in [-0.39, 0.29) is 6.61 Å². The van der Waals surface area contributed by atoms with Gasteiger partial charge in [-0.1, -0.05) is 0 Å².